The summed E-state index contributed by atoms with van der Waals surface area (Å²) in [6, 6.07) is 12.6. The van der Waals surface area contributed by atoms with Gasteiger partial charge in [0.2, 0.25) is 0 Å². The standard InChI is InChI=1S/C16H15BrN2S2/c1-18-8-7-13-15(11-5-3-2-4-6-11)19-16(21-13)14-9-12(17)10-20-14/h2-6,9-10,18H,7-8H2,1H3. The summed E-state index contributed by atoms with van der Waals surface area (Å²) in [5.41, 5.74) is 2.32. The van der Waals surface area contributed by atoms with Crippen LogP contribution in [-0.2, 0) is 6.42 Å². The van der Waals surface area contributed by atoms with Crippen LogP contribution in [0.2, 0.25) is 0 Å². The number of thiophene rings is 1. The third-order valence-corrected chi connectivity index (χ3v) is 6.10. The normalized spacial score (nSPS) is 11.0. The molecule has 2 nitrogen and oxygen atoms in total. The monoisotopic (exact) mass is 378 g/mol. The molecule has 21 heavy (non-hydrogen) atoms. The predicted molar refractivity (Wildman–Crippen MR) is 96.2 cm³/mol. The molecule has 0 fully saturated rings. The molecule has 0 saturated carbocycles. The molecule has 0 atom stereocenters. The van der Waals surface area contributed by atoms with Gasteiger partial charge in [0.05, 0.1) is 10.6 Å². The van der Waals surface area contributed by atoms with Crippen molar-refractivity contribution in [3.8, 4) is 21.1 Å². The maximum absolute atomic E-state index is 4.90. The molecule has 0 radical (unpaired) electrons. The second-order valence-electron chi connectivity index (χ2n) is 4.64. The summed E-state index contributed by atoms with van der Waals surface area (Å²) >= 11 is 7.05. The van der Waals surface area contributed by atoms with E-state index in [1.54, 1.807) is 22.7 Å². The highest BCUT2D eigenvalue weighted by Crippen LogP contribution is 2.37. The Morgan fingerprint density at radius 1 is 1.24 bits per heavy atom. The zero-order chi connectivity index (χ0) is 14.7. The molecule has 0 aliphatic carbocycles. The van der Waals surface area contributed by atoms with Gasteiger partial charge in [0.1, 0.15) is 5.01 Å². The number of nitrogens with one attached hydrogen (secondary N) is 1. The molecule has 0 unspecified atom stereocenters. The molecule has 0 aliphatic rings. The van der Waals surface area contributed by atoms with Crippen LogP contribution in [-0.4, -0.2) is 18.6 Å². The van der Waals surface area contributed by atoms with Crippen molar-refractivity contribution in [2.45, 2.75) is 6.42 Å². The zero-order valence-corrected chi connectivity index (χ0v) is 14.8. The number of nitrogens with zero attached hydrogens (tertiary/aromatic N) is 1. The molecule has 1 N–H and O–H groups in total. The van der Waals surface area contributed by atoms with Crippen LogP contribution in [0.1, 0.15) is 4.88 Å². The number of thiazole rings is 1. The van der Waals surface area contributed by atoms with Crippen LogP contribution in [0, 0.1) is 0 Å². The van der Waals surface area contributed by atoms with E-state index in [-0.39, 0.29) is 0 Å². The van der Waals surface area contributed by atoms with Crippen LogP contribution in [0.15, 0.2) is 46.3 Å². The van der Waals surface area contributed by atoms with E-state index in [0.717, 1.165) is 28.1 Å². The SMILES string of the molecule is CNCCc1sc(-c2cc(Br)cs2)nc1-c1ccccc1. The summed E-state index contributed by atoms with van der Waals surface area (Å²) in [4.78, 5) is 7.46. The van der Waals surface area contributed by atoms with Crippen molar-refractivity contribution in [3.63, 3.8) is 0 Å². The molecule has 0 bridgehead atoms. The van der Waals surface area contributed by atoms with E-state index >= 15 is 0 Å². The largest absolute Gasteiger partial charge is 0.319 e. The second-order valence-corrected chi connectivity index (χ2v) is 7.55. The first-order chi connectivity index (χ1) is 10.3. The van der Waals surface area contributed by atoms with Crippen LogP contribution >= 0.6 is 38.6 Å². The fourth-order valence-corrected chi connectivity index (χ4v) is 4.69. The molecule has 108 valence electrons. The number of aromatic nitrogens is 1. The molecule has 5 heteroatoms. The van der Waals surface area contributed by atoms with E-state index < -0.39 is 0 Å². The van der Waals surface area contributed by atoms with Crippen LogP contribution in [0.5, 0.6) is 0 Å². The lowest BCUT2D eigenvalue weighted by Gasteiger charge is -2.01. The molecule has 0 amide bonds. The Hall–Kier alpha value is -1.01. The van der Waals surface area contributed by atoms with Crippen LogP contribution < -0.4 is 5.32 Å². The Morgan fingerprint density at radius 3 is 2.71 bits per heavy atom. The first-order valence-corrected chi connectivity index (χ1v) is 9.21. The Balaban J connectivity index is 2.03. The van der Waals surface area contributed by atoms with Crippen molar-refractivity contribution in [3.05, 3.63) is 51.1 Å². The fourth-order valence-electron chi connectivity index (χ4n) is 2.11. The maximum atomic E-state index is 4.90. The minimum atomic E-state index is 0.968. The van der Waals surface area contributed by atoms with E-state index in [2.05, 4.69) is 57.0 Å². The Bertz CT molecular complexity index is 719. The molecule has 2 heterocycles. The molecule has 2 aromatic heterocycles. The summed E-state index contributed by atoms with van der Waals surface area (Å²) in [5, 5.41) is 6.43. The van der Waals surface area contributed by atoms with E-state index in [9.17, 15) is 0 Å². The summed E-state index contributed by atoms with van der Waals surface area (Å²) < 4.78 is 1.12. The van der Waals surface area contributed by atoms with Crippen molar-refractivity contribution in [1.82, 2.24) is 10.3 Å². The van der Waals surface area contributed by atoms with E-state index in [1.807, 2.05) is 13.1 Å². The van der Waals surface area contributed by atoms with Gasteiger partial charge >= 0.3 is 0 Å². The van der Waals surface area contributed by atoms with E-state index in [0.29, 0.717) is 0 Å². The van der Waals surface area contributed by atoms with Gasteiger partial charge in [0.15, 0.2) is 0 Å². The zero-order valence-electron chi connectivity index (χ0n) is 11.6. The first kappa shape index (κ1) is 14.9. The lowest BCUT2D eigenvalue weighted by atomic mass is 10.1. The summed E-state index contributed by atoms with van der Waals surface area (Å²) in [6.45, 7) is 0.968. The average molecular weight is 379 g/mol. The van der Waals surface area contributed by atoms with Gasteiger partial charge in [0.25, 0.3) is 0 Å². The lowest BCUT2D eigenvalue weighted by molar-refractivity contribution is 0.799. The van der Waals surface area contributed by atoms with Gasteiger partial charge in [-0.05, 0) is 42.0 Å². The lowest BCUT2D eigenvalue weighted by Crippen LogP contribution is -2.09. The first-order valence-electron chi connectivity index (χ1n) is 6.72. The van der Waals surface area contributed by atoms with E-state index in [1.165, 1.54) is 15.3 Å². The van der Waals surface area contributed by atoms with Gasteiger partial charge in [-0.2, -0.15) is 0 Å². The number of rotatable bonds is 5. The highest BCUT2D eigenvalue weighted by atomic mass is 79.9. The van der Waals surface area contributed by atoms with Gasteiger partial charge in [-0.15, -0.1) is 22.7 Å². The summed E-state index contributed by atoms with van der Waals surface area (Å²) in [6.07, 6.45) is 1.00. The molecular formula is C16H15BrN2S2. The van der Waals surface area contributed by atoms with Gasteiger partial charge in [-0.3, -0.25) is 0 Å². The fraction of sp³-hybridized carbons (Fsp3) is 0.188. The van der Waals surface area contributed by atoms with Crippen molar-refractivity contribution in [1.29, 1.82) is 0 Å². The quantitative estimate of drug-likeness (QED) is 0.670. The molecule has 3 rings (SSSR count). The molecule has 1 aromatic carbocycles. The van der Waals surface area contributed by atoms with Crippen LogP contribution in [0.4, 0.5) is 0 Å². The smallest absolute Gasteiger partial charge is 0.134 e. The van der Waals surface area contributed by atoms with Gasteiger partial charge in [-0.25, -0.2) is 4.98 Å². The topological polar surface area (TPSA) is 24.9 Å². The third-order valence-electron chi connectivity index (χ3n) is 3.12. The predicted octanol–water partition coefficient (Wildman–Crippen LogP) is 5.06. The van der Waals surface area contributed by atoms with Crippen LogP contribution in [0.3, 0.4) is 0 Å². The average Bonchev–Trinajstić information content (AvgIpc) is 3.12. The number of hydrogen-bond acceptors (Lipinski definition) is 4. The molecule has 0 aliphatic heterocycles. The molecule has 0 spiro atoms. The second kappa shape index (κ2) is 6.83. The summed E-state index contributed by atoms with van der Waals surface area (Å²) in [7, 11) is 1.99. The molecule has 0 saturated heterocycles. The summed E-state index contributed by atoms with van der Waals surface area (Å²) in [5.74, 6) is 0. The number of benzene rings is 1. The number of halogens is 1. The highest BCUT2D eigenvalue weighted by Gasteiger charge is 2.15. The van der Waals surface area contributed by atoms with Crippen molar-refractivity contribution in [2.24, 2.45) is 0 Å². The van der Waals surface area contributed by atoms with Crippen molar-refractivity contribution < 1.29 is 0 Å². The van der Waals surface area contributed by atoms with Gasteiger partial charge in [-0.1, -0.05) is 30.3 Å². The third kappa shape index (κ3) is 3.43. The Morgan fingerprint density at radius 2 is 2.05 bits per heavy atom. The maximum Gasteiger partial charge on any atom is 0.134 e. The van der Waals surface area contributed by atoms with Crippen LogP contribution in [0.25, 0.3) is 21.1 Å². The molecular weight excluding hydrogens is 364 g/mol. The van der Waals surface area contributed by atoms with Crippen molar-refractivity contribution in [2.75, 3.05) is 13.6 Å². The number of hydrogen-bond donors (Lipinski definition) is 1. The molecule has 3 aromatic rings. The van der Waals surface area contributed by atoms with Gasteiger partial charge < -0.3 is 5.32 Å². The number of likely N-dealkylation sites (N-methyl/N-ethyl adjacent to an activating group) is 1. The Labute approximate surface area is 141 Å². The minimum Gasteiger partial charge on any atom is -0.319 e. The van der Waals surface area contributed by atoms with Gasteiger partial charge in [0, 0.05) is 20.3 Å². The highest BCUT2D eigenvalue weighted by molar-refractivity contribution is 9.10. The Kier molecular flexibility index (Phi) is 4.85. The van der Waals surface area contributed by atoms with E-state index in [4.69, 9.17) is 4.98 Å². The van der Waals surface area contributed by atoms with Crippen molar-refractivity contribution >= 4 is 38.6 Å². The minimum absolute atomic E-state index is 0.968.